The highest BCUT2D eigenvalue weighted by molar-refractivity contribution is 5.47. The maximum atomic E-state index is 5.90. The first-order valence-electron chi connectivity index (χ1n) is 24.3. The molecule has 0 spiro atoms. The Hall–Kier alpha value is -1.96. The topological polar surface area (TPSA) is 12.5 Å². The zero-order valence-electron chi connectivity index (χ0n) is 36.4. The van der Waals surface area contributed by atoms with Gasteiger partial charge in [0, 0.05) is 18.8 Å². The third kappa shape index (κ3) is 29.3. The Morgan fingerprint density at radius 2 is 0.704 bits per heavy atom. The van der Waals surface area contributed by atoms with Gasteiger partial charge < -0.3 is 9.64 Å². The number of nitrogens with zero attached hydrogens (tertiary/aromatic N) is 1. The Kier molecular flexibility index (Phi) is 33.9. The van der Waals surface area contributed by atoms with Crippen LogP contribution in [0.15, 0.2) is 54.6 Å². The van der Waals surface area contributed by atoms with E-state index in [1.807, 2.05) is 30.3 Å². The number of ether oxygens (including phenoxy) is 1. The number of hydrogen-bond acceptors (Lipinski definition) is 2. The molecule has 310 valence electrons. The van der Waals surface area contributed by atoms with E-state index in [9.17, 15) is 0 Å². The first-order chi connectivity index (χ1) is 26.8. The van der Waals surface area contributed by atoms with Gasteiger partial charge in [-0.1, -0.05) is 237 Å². The lowest BCUT2D eigenvalue weighted by Gasteiger charge is -2.25. The summed E-state index contributed by atoms with van der Waals surface area (Å²) in [7, 11) is 0. The summed E-state index contributed by atoms with van der Waals surface area (Å²) in [6, 6.07) is 19.8. The molecule has 0 aromatic heterocycles. The van der Waals surface area contributed by atoms with Crippen molar-refractivity contribution in [3.8, 4) is 5.75 Å². The molecule has 0 aliphatic rings. The Bertz CT molecular complexity index is 967. The standard InChI is InChI=1S/C52H91NO/c1-3-5-7-9-11-13-15-17-19-21-23-25-27-29-31-37-47-53(48-38-32-30-28-26-24-22-20-18-16-14-12-10-8-6-4-2)51-45-43-50(44-46-51)40-36-39-49-54-52-41-34-33-35-42-52/h33-35,41-46H,3-32,36-40,47-49H2,1-2H3. The van der Waals surface area contributed by atoms with Crippen LogP contribution in [0, 0.1) is 0 Å². The molecular weight excluding hydrogens is 655 g/mol. The van der Waals surface area contributed by atoms with E-state index in [4.69, 9.17) is 4.74 Å². The van der Waals surface area contributed by atoms with Crippen LogP contribution in [0.4, 0.5) is 5.69 Å². The first-order valence-corrected chi connectivity index (χ1v) is 24.3. The highest BCUT2D eigenvalue weighted by Crippen LogP contribution is 2.21. The largest absolute Gasteiger partial charge is 0.494 e. The lowest BCUT2D eigenvalue weighted by molar-refractivity contribution is 0.307. The molecule has 2 heteroatoms. The minimum Gasteiger partial charge on any atom is -0.494 e. The smallest absolute Gasteiger partial charge is 0.119 e. The predicted molar refractivity (Wildman–Crippen MR) is 243 cm³/mol. The molecule has 54 heavy (non-hydrogen) atoms. The number of rotatable bonds is 41. The van der Waals surface area contributed by atoms with Crippen molar-refractivity contribution >= 4 is 5.69 Å². The summed E-state index contributed by atoms with van der Waals surface area (Å²) < 4.78 is 5.90. The molecule has 0 radical (unpaired) electrons. The minimum atomic E-state index is 0.800. The third-order valence-electron chi connectivity index (χ3n) is 11.7. The number of hydrogen-bond donors (Lipinski definition) is 0. The molecule has 0 heterocycles. The number of unbranched alkanes of at least 4 members (excludes halogenated alkanes) is 31. The van der Waals surface area contributed by atoms with Crippen LogP contribution in [0.1, 0.15) is 238 Å². The van der Waals surface area contributed by atoms with Crippen molar-refractivity contribution in [3.63, 3.8) is 0 Å². The van der Waals surface area contributed by atoms with Crippen LogP contribution in [-0.4, -0.2) is 19.7 Å². The van der Waals surface area contributed by atoms with E-state index in [1.165, 1.54) is 236 Å². The van der Waals surface area contributed by atoms with Crippen molar-refractivity contribution in [2.45, 2.75) is 239 Å². The minimum absolute atomic E-state index is 0.800. The van der Waals surface area contributed by atoms with E-state index in [0.29, 0.717) is 0 Å². The monoisotopic (exact) mass is 746 g/mol. The number of aryl methyl sites for hydroxylation is 1. The molecule has 0 aliphatic carbocycles. The molecule has 0 N–H and O–H groups in total. The van der Waals surface area contributed by atoms with Crippen molar-refractivity contribution in [1.82, 2.24) is 0 Å². The number of para-hydroxylation sites is 1. The Balaban J connectivity index is 1.59. The summed E-state index contributed by atoms with van der Waals surface area (Å²) in [5.41, 5.74) is 2.90. The van der Waals surface area contributed by atoms with E-state index in [2.05, 4.69) is 43.0 Å². The average molecular weight is 746 g/mol. The van der Waals surface area contributed by atoms with Gasteiger partial charge in [-0.15, -0.1) is 0 Å². The average Bonchev–Trinajstić information content (AvgIpc) is 3.20. The summed E-state index contributed by atoms with van der Waals surface area (Å²) in [5, 5.41) is 0. The number of anilines is 1. The van der Waals surface area contributed by atoms with E-state index in [-0.39, 0.29) is 0 Å². The molecular formula is C52H91NO. The Morgan fingerprint density at radius 3 is 1.07 bits per heavy atom. The summed E-state index contributed by atoms with van der Waals surface area (Å²) >= 11 is 0. The van der Waals surface area contributed by atoms with Gasteiger partial charge in [-0.2, -0.15) is 0 Å². The van der Waals surface area contributed by atoms with Crippen LogP contribution in [0.2, 0.25) is 0 Å². The molecule has 0 bridgehead atoms. The van der Waals surface area contributed by atoms with E-state index < -0.39 is 0 Å². The van der Waals surface area contributed by atoms with Crippen LogP contribution < -0.4 is 9.64 Å². The predicted octanol–water partition coefficient (Wildman–Crippen LogP) is 17.4. The Morgan fingerprint density at radius 1 is 0.352 bits per heavy atom. The van der Waals surface area contributed by atoms with Crippen LogP contribution in [0.5, 0.6) is 5.75 Å². The number of benzene rings is 2. The lowest BCUT2D eigenvalue weighted by Crippen LogP contribution is -2.25. The van der Waals surface area contributed by atoms with Gasteiger partial charge in [-0.05, 0) is 61.9 Å². The quantitative estimate of drug-likeness (QED) is 0.0629. The molecule has 2 aromatic carbocycles. The summed E-state index contributed by atoms with van der Waals surface area (Å²) in [5.74, 6) is 0.982. The highest BCUT2D eigenvalue weighted by Gasteiger charge is 2.07. The summed E-state index contributed by atoms with van der Waals surface area (Å²) in [6.07, 6.45) is 49.3. The second-order valence-corrected chi connectivity index (χ2v) is 16.9. The third-order valence-corrected chi connectivity index (χ3v) is 11.7. The van der Waals surface area contributed by atoms with Crippen LogP contribution in [-0.2, 0) is 6.42 Å². The van der Waals surface area contributed by atoms with Gasteiger partial charge in [0.1, 0.15) is 5.75 Å². The maximum Gasteiger partial charge on any atom is 0.119 e. The molecule has 0 saturated heterocycles. The molecule has 0 atom stereocenters. The van der Waals surface area contributed by atoms with Gasteiger partial charge in [-0.25, -0.2) is 0 Å². The van der Waals surface area contributed by atoms with Gasteiger partial charge in [0.05, 0.1) is 6.61 Å². The van der Waals surface area contributed by atoms with Crippen molar-refractivity contribution in [2.24, 2.45) is 0 Å². The van der Waals surface area contributed by atoms with Gasteiger partial charge >= 0.3 is 0 Å². The van der Waals surface area contributed by atoms with Gasteiger partial charge in [0.2, 0.25) is 0 Å². The second kappa shape index (κ2) is 37.9. The highest BCUT2D eigenvalue weighted by atomic mass is 16.5. The van der Waals surface area contributed by atoms with Crippen molar-refractivity contribution in [1.29, 1.82) is 0 Å². The van der Waals surface area contributed by atoms with Crippen LogP contribution in [0.3, 0.4) is 0 Å². The van der Waals surface area contributed by atoms with Crippen molar-refractivity contribution in [3.05, 3.63) is 60.2 Å². The van der Waals surface area contributed by atoms with Gasteiger partial charge in [0.15, 0.2) is 0 Å². The Labute approximate surface area is 338 Å². The van der Waals surface area contributed by atoms with Crippen LogP contribution >= 0.6 is 0 Å². The molecule has 0 amide bonds. The van der Waals surface area contributed by atoms with Gasteiger partial charge in [0.25, 0.3) is 0 Å². The zero-order valence-corrected chi connectivity index (χ0v) is 36.4. The fraction of sp³-hybridized carbons (Fsp3) is 0.769. The zero-order chi connectivity index (χ0) is 38.3. The second-order valence-electron chi connectivity index (χ2n) is 16.9. The SMILES string of the molecule is CCCCCCCCCCCCCCCCCCN(CCCCCCCCCCCCCCCCCC)c1ccc(CCCCOc2ccccc2)cc1. The normalized spacial score (nSPS) is 11.4. The van der Waals surface area contributed by atoms with Gasteiger partial charge in [-0.3, -0.25) is 0 Å². The van der Waals surface area contributed by atoms with E-state index >= 15 is 0 Å². The summed E-state index contributed by atoms with van der Waals surface area (Å²) in [4.78, 5) is 2.71. The lowest BCUT2D eigenvalue weighted by atomic mass is 10.0. The van der Waals surface area contributed by atoms with Crippen LogP contribution in [0.25, 0.3) is 0 Å². The van der Waals surface area contributed by atoms with E-state index in [0.717, 1.165) is 25.2 Å². The molecule has 2 aromatic rings. The van der Waals surface area contributed by atoms with Crippen molar-refractivity contribution in [2.75, 3.05) is 24.6 Å². The molecule has 2 nitrogen and oxygen atoms in total. The fourth-order valence-corrected chi connectivity index (χ4v) is 8.08. The van der Waals surface area contributed by atoms with Crippen molar-refractivity contribution < 1.29 is 4.74 Å². The molecule has 0 unspecified atom stereocenters. The maximum absolute atomic E-state index is 5.90. The summed E-state index contributed by atoms with van der Waals surface area (Å²) in [6.45, 7) is 7.85. The fourth-order valence-electron chi connectivity index (χ4n) is 8.08. The molecule has 2 rings (SSSR count). The molecule has 0 aliphatic heterocycles. The van der Waals surface area contributed by atoms with E-state index in [1.54, 1.807) is 0 Å². The molecule has 0 fully saturated rings. The first kappa shape index (κ1) is 48.2. The molecule has 0 saturated carbocycles.